The lowest BCUT2D eigenvalue weighted by molar-refractivity contribution is -0.193. The highest BCUT2D eigenvalue weighted by Crippen LogP contribution is 2.41. The van der Waals surface area contributed by atoms with Crippen LogP contribution in [0, 0.1) is 17.8 Å². The van der Waals surface area contributed by atoms with Crippen molar-refractivity contribution in [3.8, 4) is 0 Å². The van der Waals surface area contributed by atoms with E-state index in [-0.39, 0.29) is 0 Å². The fourth-order valence-electron chi connectivity index (χ4n) is 4.64. The summed E-state index contributed by atoms with van der Waals surface area (Å²) in [4.78, 5) is 23.0. The van der Waals surface area contributed by atoms with E-state index in [2.05, 4.69) is 24.8 Å². The van der Waals surface area contributed by atoms with Crippen LogP contribution in [-0.4, -0.2) is 99.8 Å². The van der Waals surface area contributed by atoms with Gasteiger partial charge in [0.1, 0.15) is 0 Å². The second kappa shape index (κ2) is 13.5. The highest BCUT2D eigenvalue weighted by atomic mass is 32.1. The molecule has 9 nitrogen and oxygen atoms in total. The van der Waals surface area contributed by atoms with Crippen molar-refractivity contribution in [3.05, 3.63) is 11.1 Å². The Morgan fingerprint density at radius 2 is 1.58 bits per heavy atom. The number of alkyl halides is 6. The van der Waals surface area contributed by atoms with E-state index in [4.69, 9.17) is 24.5 Å². The zero-order chi connectivity index (χ0) is 26.9. The molecule has 0 amide bonds. The lowest BCUT2D eigenvalue weighted by atomic mass is 9.73. The van der Waals surface area contributed by atoms with Gasteiger partial charge in [0.15, 0.2) is 0 Å². The molecule has 1 aromatic rings. The Kier molecular flexibility index (Phi) is 11.3. The number of rotatable bonds is 4. The normalized spacial score (nSPS) is 25.1. The molecule has 1 aromatic heterocycles. The van der Waals surface area contributed by atoms with E-state index in [0.29, 0.717) is 0 Å². The monoisotopic (exact) mass is 550 g/mol. The summed E-state index contributed by atoms with van der Waals surface area (Å²) in [5, 5.41) is 20.6. The Hall–Kier alpha value is -2.04. The Bertz CT molecular complexity index is 797. The van der Waals surface area contributed by atoms with Crippen molar-refractivity contribution in [3.63, 3.8) is 0 Å². The number of fused-ring (bicyclic) bond motifs is 1. The quantitative estimate of drug-likeness (QED) is 0.546. The summed E-state index contributed by atoms with van der Waals surface area (Å²) in [6, 6.07) is 0. The average Bonchev–Trinajstić information content (AvgIpc) is 3.44. The second-order valence-electron chi connectivity index (χ2n) is 8.72. The third-order valence-electron chi connectivity index (χ3n) is 6.19. The first-order valence-corrected chi connectivity index (χ1v) is 12.0. The molecule has 1 aliphatic carbocycles. The van der Waals surface area contributed by atoms with Crippen molar-refractivity contribution >= 4 is 23.5 Å². The number of carboxylic acids is 2. The van der Waals surface area contributed by atoms with Gasteiger partial charge >= 0.3 is 24.3 Å². The van der Waals surface area contributed by atoms with Crippen LogP contribution < -0.4 is 0 Å². The number of hydrogen-bond acceptors (Lipinski definition) is 8. The summed E-state index contributed by atoms with van der Waals surface area (Å²) in [6.45, 7) is 8.90. The van der Waals surface area contributed by atoms with Crippen LogP contribution in [0.15, 0.2) is 5.38 Å². The van der Waals surface area contributed by atoms with E-state index in [1.165, 1.54) is 50.4 Å². The number of ether oxygens (including phenoxy) is 1. The van der Waals surface area contributed by atoms with E-state index in [9.17, 15) is 26.3 Å². The van der Waals surface area contributed by atoms with Crippen molar-refractivity contribution in [2.24, 2.45) is 17.8 Å². The average molecular weight is 551 g/mol. The third kappa shape index (κ3) is 10.1. The Morgan fingerprint density at radius 1 is 1.00 bits per heavy atom. The van der Waals surface area contributed by atoms with Crippen LogP contribution in [0.1, 0.15) is 25.0 Å². The smallest absolute Gasteiger partial charge is 0.475 e. The number of carbonyl (C=O) groups is 2. The Morgan fingerprint density at radius 3 is 2.08 bits per heavy atom. The summed E-state index contributed by atoms with van der Waals surface area (Å²) in [7, 11) is 0. The number of likely N-dealkylation sites (tertiary alicyclic amines) is 1. The maximum Gasteiger partial charge on any atom is 0.490 e. The predicted octanol–water partition coefficient (Wildman–Crippen LogP) is 2.99. The lowest BCUT2D eigenvalue weighted by Gasteiger charge is -2.37. The van der Waals surface area contributed by atoms with Gasteiger partial charge in [-0.1, -0.05) is 10.9 Å². The van der Waals surface area contributed by atoms with Gasteiger partial charge in [0.25, 0.3) is 0 Å². The van der Waals surface area contributed by atoms with Crippen LogP contribution in [0.25, 0.3) is 0 Å². The molecular weight excluding hydrogens is 522 g/mol. The van der Waals surface area contributed by atoms with Gasteiger partial charge in [-0.15, -0.1) is 5.10 Å². The first-order valence-electron chi connectivity index (χ1n) is 11.2. The first-order chi connectivity index (χ1) is 16.8. The second-order valence-corrected chi connectivity index (χ2v) is 9.33. The minimum atomic E-state index is -5.08. The molecule has 0 aromatic carbocycles. The Balaban J connectivity index is 0.000000271. The molecule has 36 heavy (non-hydrogen) atoms. The predicted molar refractivity (Wildman–Crippen MR) is 114 cm³/mol. The molecule has 0 spiro atoms. The van der Waals surface area contributed by atoms with Gasteiger partial charge in [-0.25, -0.2) is 9.59 Å². The minimum Gasteiger partial charge on any atom is -0.475 e. The molecule has 206 valence electrons. The highest BCUT2D eigenvalue weighted by Gasteiger charge is 2.41. The molecule has 0 unspecified atom stereocenters. The first kappa shape index (κ1) is 30.2. The number of carboxylic acid groups (broad SMARTS) is 2. The zero-order valence-corrected chi connectivity index (χ0v) is 20.0. The van der Waals surface area contributed by atoms with Crippen LogP contribution in [0.4, 0.5) is 26.3 Å². The fraction of sp³-hybridized carbons (Fsp3) is 0.800. The van der Waals surface area contributed by atoms with Gasteiger partial charge in [0.2, 0.25) is 0 Å². The van der Waals surface area contributed by atoms with Crippen LogP contribution in [-0.2, 0) is 20.9 Å². The number of hydrogen-bond donors (Lipinski definition) is 2. The van der Waals surface area contributed by atoms with Crippen LogP contribution in [0.5, 0.6) is 0 Å². The van der Waals surface area contributed by atoms with Crippen LogP contribution in [0.3, 0.4) is 0 Å². The van der Waals surface area contributed by atoms with Crippen molar-refractivity contribution in [2.45, 2.75) is 38.2 Å². The van der Waals surface area contributed by atoms with E-state index in [0.717, 1.165) is 56.3 Å². The molecule has 0 bridgehead atoms. The van der Waals surface area contributed by atoms with Gasteiger partial charge in [-0.2, -0.15) is 26.3 Å². The Labute approximate surface area is 207 Å². The molecule has 2 N–H and O–H groups in total. The van der Waals surface area contributed by atoms with E-state index >= 15 is 0 Å². The van der Waals surface area contributed by atoms with Crippen LogP contribution >= 0.6 is 11.5 Å². The van der Waals surface area contributed by atoms with Gasteiger partial charge in [0.05, 0.1) is 18.9 Å². The van der Waals surface area contributed by atoms with Crippen molar-refractivity contribution < 1.29 is 50.9 Å². The molecule has 3 heterocycles. The summed E-state index contributed by atoms with van der Waals surface area (Å²) in [5.41, 5.74) is 1.15. The summed E-state index contributed by atoms with van der Waals surface area (Å²) < 4.78 is 73.0. The zero-order valence-electron chi connectivity index (χ0n) is 19.2. The number of morpholine rings is 1. The van der Waals surface area contributed by atoms with Crippen molar-refractivity contribution in [2.75, 3.05) is 45.9 Å². The molecular formula is C20H28F6N4O5S. The molecule has 1 saturated carbocycles. The molecule has 3 fully saturated rings. The molecule has 2 saturated heterocycles. The van der Waals surface area contributed by atoms with Crippen molar-refractivity contribution in [1.29, 1.82) is 0 Å². The van der Waals surface area contributed by atoms with Gasteiger partial charge in [0, 0.05) is 44.6 Å². The van der Waals surface area contributed by atoms with E-state index in [1.807, 2.05) is 0 Å². The molecule has 3 atom stereocenters. The largest absolute Gasteiger partial charge is 0.490 e. The van der Waals surface area contributed by atoms with Gasteiger partial charge in [-0.05, 0) is 42.1 Å². The van der Waals surface area contributed by atoms with E-state index < -0.39 is 24.3 Å². The summed E-state index contributed by atoms with van der Waals surface area (Å²) in [6.07, 6.45) is -5.90. The van der Waals surface area contributed by atoms with Gasteiger partial charge < -0.3 is 14.9 Å². The standard InChI is InChI=1S/C16H26N4OS.2C2HF3O2/c1-2-13(8-19-4-6-21-7-5-19)16-11-20(9-14(16)3-1)10-15-12-22-18-17-15;2*3-2(4,5)1(6)7/h12-14,16H,1-11H2;2*(H,6,7)/t13-,14+,16+;;/m0../s1. The van der Waals surface area contributed by atoms with Crippen molar-refractivity contribution in [1.82, 2.24) is 19.4 Å². The maximum atomic E-state index is 10.6. The maximum absolute atomic E-state index is 10.6. The lowest BCUT2D eigenvalue weighted by Crippen LogP contribution is -2.43. The molecule has 0 radical (unpaired) electrons. The SMILES string of the molecule is O=C(O)C(F)(F)F.O=C(O)C(F)(F)F.c1snnc1CN1C[C@H]2CCC[C@@H](CN3CCOCC3)[C@H]2C1. The summed E-state index contributed by atoms with van der Waals surface area (Å²) in [5.74, 6) is -2.83. The molecule has 4 rings (SSSR count). The van der Waals surface area contributed by atoms with Crippen LogP contribution in [0.2, 0.25) is 0 Å². The topological polar surface area (TPSA) is 116 Å². The molecule has 16 heteroatoms. The summed E-state index contributed by atoms with van der Waals surface area (Å²) >= 11 is 1.47. The highest BCUT2D eigenvalue weighted by molar-refractivity contribution is 7.03. The van der Waals surface area contributed by atoms with Gasteiger partial charge in [-0.3, -0.25) is 9.80 Å². The third-order valence-corrected chi connectivity index (χ3v) is 6.75. The number of aliphatic carboxylic acids is 2. The molecule has 3 aliphatic rings. The minimum absolute atomic E-state index is 0.885. The van der Waals surface area contributed by atoms with E-state index in [1.54, 1.807) is 0 Å². The molecule has 2 aliphatic heterocycles. The fourth-order valence-corrected chi connectivity index (χ4v) is 5.08. The number of nitrogens with zero attached hydrogens (tertiary/aromatic N) is 4. The number of aromatic nitrogens is 2. The number of halogens is 6.